The molecule has 0 rings (SSSR count). The zero-order chi connectivity index (χ0) is 14.6. The Morgan fingerprint density at radius 3 is 1.53 bits per heavy atom. The van der Waals surface area contributed by atoms with Gasteiger partial charge >= 0.3 is 0 Å². The first kappa shape index (κ1) is 19.2. The maximum atomic E-state index is 6.36. The molecule has 1 unspecified atom stereocenters. The Labute approximate surface area is 123 Å². The van der Waals surface area contributed by atoms with E-state index < -0.39 is 8.32 Å². The summed E-state index contributed by atoms with van der Waals surface area (Å²) in [5, 5.41) is 0. The van der Waals surface area contributed by atoms with Crippen molar-refractivity contribution in [3.05, 3.63) is 0 Å². The summed E-state index contributed by atoms with van der Waals surface area (Å²) in [5.41, 5.74) is 0. The SMILES string of the molecule is CCCCCCCC(CCCCCC)O[Si](C)(C)C. The smallest absolute Gasteiger partial charge is 0.184 e. The predicted octanol–water partition coefficient (Wildman–Crippen LogP) is 6.54. The fourth-order valence-corrected chi connectivity index (χ4v) is 3.77. The van der Waals surface area contributed by atoms with Crippen molar-refractivity contribution in [2.45, 2.75) is 110 Å². The van der Waals surface area contributed by atoms with Crippen LogP contribution in [0.1, 0.15) is 84.5 Å². The highest BCUT2D eigenvalue weighted by Crippen LogP contribution is 2.19. The van der Waals surface area contributed by atoms with Crippen LogP contribution in [-0.4, -0.2) is 14.4 Å². The lowest BCUT2D eigenvalue weighted by atomic mass is 10.0. The monoisotopic (exact) mass is 286 g/mol. The minimum Gasteiger partial charge on any atom is -0.415 e. The summed E-state index contributed by atoms with van der Waals surface area (Å²) in [6.07, 6.45) is 15.5. The van der Waals surface area contributed by atoms with Crippen LogP contribution >= 0.6 is 0 Å². The van der Waals surface area contributed by atoms with E-state index in [1.165, 1.54) is 70.6 Å². The van der Waals surface area contributed by atoms with E-state index in [9.17, 15) is 0 Å². The van der Waals surface area contributed by atoms with E-state index in [1.807, 2.05) is 0 Å². The number of hydrogen-bond donors (Lipinski definition) is 0. The van der Waals surface area contributed by atoms with Gasteiger partial charge in [-0.25, -0.2) is 0 Å². The first-order chi connectivity index (χ1) is 8.99. The van der Waals surface area contributed by atoms with Gasteiger partial charge in [0.1, 0.15) is 0 Å². The van der Waals surface area contributed by atoms with Gasteiger partial charge in [-0.3, -0.25) is 0 Å². The van der Waals surface area contributed by atoms with E-state index in [0.29, 0.717) is 6.10 Å². The standard InChI is InChI=1S/C17H38OSi/c1-6-8-10-12-14-16-17(18-19(3,4)5)15-13-11-9-7-2/h17H,6-16H2,1-5H3. The molecule has 0 saturated heterocycles. The molecule has 0 aliphatic carbocycles. The molecule has 0 aliphatic rings. The van der Waals surface area contributed by atoms with Gasteiger partial charge in [-0.15, -0.1) is 0 Å². The minimum atomic E-state index is -1.36. The Balaban J connectivity index is 3.83. The van der Waals surface area contributed by atoms with Crippen molar-refractivity contribution in [3.8, 4) is 0 Å². The van der Waals surface area contributed by atoms with Crippen molar-refractivity contribution in [1.29, 1.82) is 0 Å². The van der Waals surface area contributed by atoms with Gasteiger partial charge in [0.15, 0.2) is 8.32 Å². The second kappa shape index (κ2) is 12.0. The molecule has 0 aromatic heterocycles. The number of unbranched alkanes of at least 4 members (excludes halogenated alkanes) is 7. The Morgan fingerprint density at radius 2 is 1.11 bits per heavy atom. The molecular formula is C17H38OSi. The van der Waals surface area contributed by atoms with Crippen LogP contribution in [-0.2, 0) is 4.43 Å². The van der Waals surface area contributed by atoms with Gasteiger partial charge < -0.3 is 4.43 Å². The van der Waals surface area contributed by atoms with E-state index >= 15 is 0 Å². The lowest BCUT2D eigenvalue weighted by Crippen LogP contribution is -2.32. The lowest BCUT2D eigenvalue weighted by Gasteiger charge is -2.26. The van der Waals surface area contributed by atoms with Crippen molar-refractivity contribution in [1.82, 2.24) is 0 Å². The van der Waals surface area contributed by atoms with Gasteiger partial charge in [0, 0.05) is 6.10 Å². The first-order valence-electron chi connectivity index (χ1n) is 8.67. The van der Waals surface area contributed by atoms with E-state index in [0.717, 1.165) is 0 Å². The summed E-state index contributed by atoms with van der Waals surface area (Å²) in [6, 6.07) is 0. The molecule has 1 nitrogen and oxygen atoms in total. The average Bonchev–Trinajstić information content (AvgIpc) is 2.32. The van der Waals surface area contributed by atoms with Gasteiger partial charge in [0.25, 0.3) is 0 Å². The molecule has 2 heteroatoms. The molecule has 0 aromatic carbocycles. The molecular weight excluding hydrogens is 248 g/mol. The molecule has 116 valence electrons. The molecule has 0 spiro atoms. The fourth-order valence-electron chi connectivity index (χ4n) is 2.54. The predicted molar refractivity (Wildman–Crippen MR) is 90.4 cm³/mol. The van der Waals surface area contributed by atoms with E-state index in [-0.39, 0.29) is 0 Å². The molecule has 0 heterocycles. The van der Waals surface area contributed by atoms with Crippen LogP contribution in [0.15, 0.2) is 0 Å². The zero-order valence-corrected chi connectivity index (χ0v) is 15.3. The molecule has 0 aliphatic heterocycles. The normalized spacial score (nSPS) is 13.7. The quantitative estimate of drug-likeness (QED) is 0.276. The van der Waals surface area contributed by atoms with Gasteiger partial charge in [-0.2, -0.15) is 0 Å². The van der Waals surface area contributed by atoms with Crippen LogP contribution in [0, 0.1) is 0 Å². The van der Waals surface area contributed by atoms with Gasteiger partial charge in [-0.1, -0.05) is 71.6 Å². The van der Waals surface area contributed by atoms with E-state index in [1.54, 1.807) is 0 Å². The van der Waals surface area contributed by atoms with Crippen LogP contribution in [0.2, 0.25) is 19.6 Å². The molecule has 0 bridgehead atoms. The summed E-state index contributed by atoms with van der Waals surface area (Å²) in [5.74, 6) is 0. The Morgan fingerprint density at radius 1 is 0.684 bits per heavy atom. The maximum Gasteiger partial charge on any atom is 0.184 e. The molecule has 0 saturated carbocycles. The van der Waals surface area contributed by atoms with Crippen molar-refractivity contribution >= 4 is 8.32 Å². The molecule has 19 heavy (non-hydrogen) atoms. The molecule has 0 fully saturated rings. The highest BCUT2D eigenvalue weighted by Gasteiger charge is 2.20. The van der Waals surface area contributed by atoms with Crippen molar-refractivity contribution in [3.63, 3.8) is 0 Å². The highest BCUT2D eigenvalue weighted by molar-refractivity contribution is 6.69. The summed E-state index contributed by atoms with van der Waals surface area (Å²) in [4.78, 5) is 0. The van der Waals surface area contributed by atoms with E-state index in [2.05, 4.69) is 33.5 Å². The average molecular weight is 287 g/mol. The molecule has 0 aromatic rings. The third-order valence-electron chi connectivity index (χ3n) is 3.53. The lowest BCUT2D eigenvalue weighted by molar-refractivity contribution is 0.165. The number of rotatable bonds is 13. The summed E-state index contributed by atoms with van der Waals surface area (Å²) < 4.78 is 6.36. The third-order valence-corrected chi connectivity index (χ3v) is 4.57. The van der Waals surface area contributed by atoms with Gasteiger partial charge in [0.2, 0.25) is 0 Å². The number of hydrogen-bond acceptors (Lipinski definition) is 1. The first-order valence-corrected chi connectivity index (χ1v) is 12.1. The zero-order valence-electron chi connectivity index (χ0n) is 14.3. The second-order valence-electron chi connectivity index (χ2n) is 6.90. The molecule has 0 N–H and O–H groups in total. The van der Waals surface area contributed by atoms with Crippen molar-refractivity contribution < 1.29 is 4.43 Å². The highest BCUT2D eigenvalue weighted by atomic mass is 28.4. The molecule has 0 amide bonds. The third kappa shape index (κ3) is 14.4. The summed E-state index contributed by atoms with van der Waals surface area (Å²) in [6.45, 7) is 11.5. The fraction of sp³-hybridized carbons (Fsp3) is 1.00. The Kier molecular flexibility index (Phi) is 12.1. The Bertz CT molecular complexity index is 186. The van der Waals surface area contributed by atoms with Crippen LogP contribution in [0.25, 0.3) is 0 Å². The molecule has 0 radical (unpaired) electrons. The van der Waals surface area contributed by atoms with Gasteiger partial charge in [0.05, 0.1) is 0 Å². The second-order valence-corrected chi connectivity index (χ2v) is 11.4. The van der Waals surface area contributed by atoms with Crippen LogP contribution < -0.4 is 0 Å². The minimum absolute atomic E-state index is 0.546. The largest absolute Gasteiger partial charge is 0.415 e. The molecule has 1 atom stereocenters. The Hall–Kier alpha value is 0.177. The maximum absolute atomic E-state index is 6.36. The van der Waals surface area contributed by atoms with E-state index in [4.69, 9.17) is 4.43 Å². The van der Waals surface area contributed by atoms with Crippen LogP contribution in [0.3, 0.4) is 0 Å². The summed E-state index contributed by atoms with van der Waals surface area (Å²) >= 11 is 0. The van der Waals surface area contributed by atoms with Crippen LogP contribution in [0.5, 0.6) is 0 Å². The van der Waals surface area contributed by atoms with Gasteiger partial charge in [-0.05, 0) is 32.5 Å². The van der Waals surface area contributed by atoms with Crippen molar-refractivity contribution in [2.24, 2.45) is 0 Å². The summed E-state index contributed by atoms with van der Waals surface area (Å²) in [7, 11) is -1.36. The van der Waals surface area contributed by atoms with Crippen molar-refractivity contribution in [2.75, 3.05) is 0 Å². The van der Waals surface area contributed by atoms with Crippen LogP contribution in [0.4, 0.5) is 0 Å². The topological polar surface area (TPSA) is 9.23 Å².